The summed E-state index contributed by atoms with van der Waals surface area (Å²) in [5.41, 5.74) is 1.38. The predicted molar refractivity (Wildman–Crippen MR) is 109 cm³/mol. The molecule has 0 spiro atoms. The Balaban J connectivity index is 1.82. The number of anilines is 1. The third-order valence-corrected chi connectivity index (χ3v) is 5.15. The first-order valence-corrected chi connectivity index (χ1v) is 9.27. The van der Waals surface area contributed by atoms with Crippen LogP contribution in [0.15, 0.2) is 45.7 Å². The number of aryl methyl sites for hydroxylation is 1. The lowest BCUT2D eigenvalue weighted by molar-refractivity contribution is 0.414. The second-order valence-corrected chi connectivity index (χ2v) is 7.25. The molecule has 9 heteroatoms. The molecule has 0 unspecified atom stereocenters. The Kier molecular flexibility index (Phi) is 4.53. The normalized spacial score (nSPS) is 11.3. The molecule has 7 nitrogen and oxygen atoms in total. The van der Waals surface area contributed by atoms with Crippen molar-refractivity contribution in [3.05, 3.63) is 62.1 Å². The van der Waals surface area contributed by atoms with Crippen molar-refractivity contribution in [2.24, 2.45) is 7.05 Å². The van der Waals surface area contributed by atoms with Gasteiger partial charge in [0.05, 0.1) is 34.7 Å². The maximum absolute atomic E-state index is 12.5. The average Bonchev–Trinajstić information content (AvgIpc) is 3.08. The molecule has 2 heterocycles. The van der Waals surface area contributed by atoms with Crippen LogP contribution < -0.4 is 15.6 Å². The lowest BCUT2D eigenvalue weighted by Crippen LogP contribution is -2.20. The van der Waals surface area contributed by atoms with Gasteiger partial charge < -0.3 is 10.1 Å². The monoisotopic (exact) mass is 447 g/mol. The molecule has 27 heavy (non-hydrogen) atoms. The van der Waals surface area contributed by atoms with E-state index in [1.54, 1.807) is 32.4 Å². The summed E-state index contributed by atoms with van der Waals surface area (Å²) in [4.78, 5) is 12.5. The van der Waals surface area contributed by atoms with E-state index in [9.17, 15) is 4.79 Å². The molecule has 0 bridgehead atoms. The number of rotatable bonds is 4. The Hall–Kier alpha value is -2.58. The summed E-state index contributed by atoms with van der Waals surface area (Å²) in [5, 5.41) is 12.9. The first-order valence-electron chi connectivity index (χ1n) is 8.10. The second-order valence-electron chi connectivity index (χ2n) is 5.95. The number of hydrogen-bond donors (Lipinski definition) is 1. The summed E-state index contributed by atoms with van der Waals surface area (Å²) in [6, 6.07) is 10.9. The van der Waals surface area contributed by atoms with Crippen molar-refractivity contribution in [3.8, 4) is 5.75 Å². The SMILES string of the molecule is COc1c(Br)cc(Cl)cc1NCc1nnc2n(C)c(=O)c3ccccc3n12. The molecule has 0 aliphatic rings. The molecule has 0 aliphatic heterocycles. The van der Waals surface area contributed by atoms with Gasteiger partial charge in [-0.3, -0.25) is 13.8 Å². The minimum absolute atomic E-state index is 0.106. The van der Waals surface area contributed by atoms with Gasteiger partial charge in [0.1, 0.15) is 0 Å². The van der Waals surface area contributed by atoms with E-state index in [2.05, 4.69) is 31.4 Å². The Bertz CT molecular complexity index is 1230. The molecule has 0 aliphatic carbocycles. The maximum atomic E-state index is 12.5. The van der Waals surface area contributed by atoms with Crippen LogP contribution in [-0.4, -0.2) is 26.3 Å². The molecular weight excluding hydrogens is 434 g/mol. The third kappa shape index (κ3) is 2.94. The van der Waals surface area contributed by atoms with E-state index in [1.165, 1.54) is 4.57 Å². The molecule has 0 fully saturated rings. The fourth-order valence-corrected chi connectivity index (χ4v) is 4.05. The van der Waals surface area contributed by atoms with E-state index >= 15 is 0 Å². The van der Waals surface area contributed by atoms with Crippen LogP contribution in [0.4, 0.5) is 5.69 Å². The quantitative estimate of drug-likeness (QED) is 0.516. The lowest BCUT2D eigenvalue weighted by atomic mass is 10.2. The molecule has 4 rings (SSSR count). The van der Waals surface area contributed by atoms with Crippen LogP contribution in [0.25, 0.3) is 16.7 Å². The minimum atomic E-state index is -0.106. The molecule has 0 amide bonds. The molecule has 2 aromatic heterocycles. The van der Waals surface area contributed by atoms with Crippen molar-refractivity contribution in [1.82, 2.24) is 19.2 Å². The fraction of sp³-hybridized carbons (Fsp3) is 0.167. The highest BCUT2D eigenvalue weighted by molar-refractivity contribution is 9.10. The zero-order chi connectivity index (χ0) is 19.1. The Morgan fingerprint density at radius 1 is 1.26 bits per heavy atom. The first-order chi connectivity index (χ1) is 13.0. The Morgan fingerprint density at radius 3 is 2.81 bits per heavy atom. The number of ether oxygens (including phenoxy) is 1. The molecule has 0 saturated heterocycles. The van der Waals surface area contributed by atoms with Gasteiger partial charge in [0.15, 0.2) is 11.6 Å². The van der Waals surface area contributed by atoms with Crippen LogP contribution in [0, 0.1) is 0 Å². The predicted octanol–water partition coefficient (Wildman–Crippen LogP) is 3.62. The van der Waals surface area contributed by atoms with Crippen LogP contribution in [0.5, 0.6) is 5.75 Å². The summed E-state index contributed by atoms with van der Waals surface area (Å²) in [5.74, 6) is 1.79. The van der Waals surface area contributed by atoms with Gasteiger partial charge in [-0.15, -0.1) is 10.2 Å². The van der Waals surface area contributed by atoms with Crippen molar-refractivity contribution in [2.45, 2.75) is 6.54 Å². The van der Waals surface area contributed by atoms with E-state index in [1.807, 2.05) is 22.6 Å². The van der Waals surface area contributed by atoms with Gasteiger partial charge >= 0.3 is 0 Å². The van der Waals surface area contributed by atoms with Crippen LogP contribution in [0.2, 0.25) is 5.02 Å². The van der Waals surface area contributed by atoms with Crippen molar-refractivity contribution >= 4 is 49.9 Å². The number of benzene rings is 2. The van der Waals surface area contributed by atoms with Crippen LogP contribution in [0.1, 0.15) is 5.82 Å². The lowest BCUT2D eigenvalue weighted by Gasteiger charge is -2.13. The van der Waals surface area contributed by atoms with Crippen molar-refractivity contribution in [1.29, 1.82) is 0 Å². The highest BCUT2D eigenvalue weighted by Crippen LogP contribution is 2.36. The summed E-state index contributed by atoms with van der Waals surface area (Å²) in [7, 11) is 3.28. The summed E-state index contributed by atoms with van der Waals surface area (Å²) < 4.78 is 9.55. The van der Waals surface area contributed by atoms with Crippen LogP contribution >= 0.6 is 27.5 Å². The van der Waals surface area contributed by atoms with Gasteiger partial charge in [0.25, 0.3) is 5.56 Å². The van der Waals surface area contributed by atoms with Crippen molar-refractivity contribution in [2.75, 3.05) is 12.4 Å². The van der Waals surface area contributed by atoms with E-state index in [-0.39, 0.29) is 5.56 Å². The van der Waals surface area contributed by atoms with Gasteiger partial charge in [0, 0.05) is 12.1 Å². The third-order valence-electron chi connectivity index (χ3n) is 4.34. The van der Waals surface area contributed by atoms with Gasteiger partial charge in [0.2, 0.25) is 5.78 Å². The highest BCUT2D eigenvalue weighted by Gasteiger charge is 2.15. The van der Waals surface area contributed by atoms with Gasteiger partial charge in [-0.2, -0.15) is 0 Å². The first kappa shape index (κ1) is 17.8. The van der Waals surface area contributed by atoms with Crippen molar-refractivity contribution < 1.29 is 4.74 Å². The van der Waals surface area contributed by atoms with E-state index in [0.717, 1.165) is 15.7 Å². The smallest absolute Gasteiger partial charge is 0.262 e. The summed E-state index contributed by atoms with van der Waals surface area (Å²) in [6.45, 7) is 0.368. The summed E-state index contributed by atoms with van der Waals surface area (Å²) >= 11 is 9.60. The number of para-hydroxylation sites is 1. The maximum Gasteiger partial charge on any atom is 0.262 e. The number of aromatic nitrogens is 4. The highest BCUT2D eigenvalue weighted by atomic mass is 79.9. The zero-order valence-electron chi connectivity index (χ0n) is 14.5. The van der Waals surface area contributed by atoms with E-state index in [4.69, 9.17) is 16.3 Å². The van der Waals surface area contributed by atoms with E-state index < -0.39 is 0 Å². The van der Waals surface area contributed by atoms with Gasteiger partial charge in [-0.25, -0.2) is 0 Å². The van der Waals surface area contributed by atoms with Crippen LogP contribution in [-0.2, 0) is 13.6 Å². The van der Waals surface area contributed by atoms with Crippen molar-refractivity contribution in [3.63, 3.8) is 0 Å². The number of hydrogen-bond acceptors (Lipinski definition) is 5. The Morgan fingerprint density at radius 2 is 2.04 bits per heavy atom. The molecule has 0 atom stereocenters. The minimum Gasteiger partial charge on any atom is -0.493 e. The van der Waals surface area contributed by atoms with Gasteiger partial charge in [-0.05, 0) is 40.2 Å². The standard InChI is InChI=1S/C18H15BrClN5O2/c1-24-17(26)11-5-3-4-6-14(11)25-15(22-23-18(24)25)9-21-13-8-10(20)7-12(19)16(13)27-2/h3-8,21H,9H2,1-2H3. The van der Waals surface area contributed by atoms with Gasteiger partial charge in [-0.1, -0.05) is 23.7 Å². The number of methoxy groups -OCH3 is 1. The fourth-order valence-electron chi connectivity index (χ4n) is 3.08. The molecule has 0 saturated carbocycles. The second kappa shape index (κ2) is 6.86. The van der Waals surface area contributed by atoms with Crippen LogP contribution in [0.3, 0.4) is 0 Å². The molecule has 2 aromatic carbocycles. The number of nitrogens with zero attached hydrogens (tertiary/aromatic N) is 4. The molecule has 138 valence electrons. The zero-order valence-corrected chi connectivity index (χ0v) is 16.9. The number of fused-ring (bicyclic) bond motifs is 3. The molecule has 1 N–H and O–H groups in total. The molecule has 4 aromatic rings. The summed E-state index contributed by atoms with van der Waals surface area (Å²) in [6.07, 6.45) is 0. The topological polar surface area (TPSA) is 73.4 Å². The van der Waals surface area contributed by atoms with E-state index in [0.29, 0.717) is 34.3 Å². The average molecular weight is 449 g/mol. The largest absolute Gasteiger partial charge is 0.493 e. The number of nitrogens with one attached hydrogen (secondary N) is 1. The molecule has 0 radical (unpaired) electrons. The Labute approximate surface area is 167 Å². The number of halogens is 2. The molecular formula is C18H15BrClN5O2.